The molecule has 9 heteroatoms. The molecule has 0 saturated carbocycles. The van der Waals surface area contributed by atoms with Crippen molar-refractivity contribution < 1.29 is 4.74 Å². The summed E-state index contributed by atoms with van der Waals surface area (Å²) in [6, 6.07) is 15.6. The van der Waals surface area contributed by atoms with Crippen molar-refractivity contribution in [1.29, 1.82) is 0 Å². The van der Waals surface area contributed by atoms with Gasteiger partial charge in [-0.25, -0.2) is 10.1 Å². The van der Waals surface area contributed by atoms with Gasteiger partial charge in [0.2, 0.25) is 5.16 Å². The minimum absolute atomic E-state index is 0.367. The van der Waals surface area contributed by atoms with Crippen molar-refractivity contribution in [1.82, 2.24) is 14.9 Å². The van der Waals surface area contributed by atoms with Crippen molar-refractivity contribution in [3.8, 4) is 5.75 Å². The third kappa shape index (κ3) is 4.77. The Bertz CT molecular complexity index is 897. The third-order valence-electron chi connectivity index (χ3n) is 3.42. The summed E-state index contributed by atoms with van der Waals surface area (Å²) in [7, 11) is 1.63. The standard InChI is InChI=1S/C17H17BrN6OS/c1-25-15-7-5-12(6-8-15)10-20-21-16-22-23-17(24(16)19)26-11-13-3-2-4-14(18)9-13/h2-10H,11,19H2,1H3,(H,21,22)/b20-10+. The van der Waals surface area contributed by atoms with Gasteiger partial charge in [-0.3, -0.25) is 0 Å². The van der Waals surface area contributed by atoms with E-state index in [9.17, 15) is 0 Å². The minimum atomic E-state index is 0.367. The molecule has 0 amide bonds. The Hall–Kier alpha value is -2.52. The molecule has 0 aliphatic rings. The largest absolute Gasteiger partial charge is 0.497 e. The highest BCUT2D eigenvalue weighted by molar-refractivity contribution is 9.10. The van der Waals surface area contributed by atoms with E-state index in [1.165, 1.54) is 22.0 Å². The quantitative estimate of drug-likeness (QED) is 0.257. The number of rotatable bonds is 7. The number of halogens is 1. The summed E-state index contributed by atoms with van der Waals surface area (Å²) in [5.41, 5.74) is 4.89. The first-order valence-electron chi connectivity index (χ1n) is 7.66. The van der Waals surface area contributed by atoms with E-state index in [2.05, 4.69) is 42.7 Å². The maximum absolute atomic E-state index is 6.02. The van der Waals surface area contributed by atoms with Gasteiger partial charge in [0.1, 0.15) is 5.75 Å². The lowest BCUT2D eigenvalue weighted by molar-refractivity contribution is 0.415. The molecule has 3 N–H and O–H groups in total. The summed E-state index contributed by atoms with van der Waals surface area (Å²) in [5.74, 6) is 7.93. The number of aromatic nitrogens is 3. The summed E-state index contributed by atoms with van der Waals surface area (Å²) < 4.78 is 7.54. The number of methoxy groups -OCH3 is 1. The van der Waals surface area contributed by atoms with Gasteiger partial charge in [-0.15, -0.1) is 10.2 Å². The predicted octanol–water partition coefficient (Wildman–Crippen LogP) is 3.50. The Morgan fingerprint density at radius 2 is 2.08 bits per heavy atom. The van der Waals surface area contributed by atoms with Gasteiger partial charge >= 0.3 is 0 Å². The van der Waals surface area contributed by atoms with Gasteiger partial charge in [-0.05, 0) is 47.5 Å². The molecule has 134 valence electrons. The smallest absolute Gasteiger partial charge is 0.264 e. The van der Waals surface area contributed by atoms with E-state index in [4.69, 9.17) is 10.6 Å². The number of hydrogen-bond acceptors (Lipinski definition) is 7. The summed E-state index contributed by atoms with van der Waals surface area (Å²) in [5, 5.41) is 12.8. The molecule has 26 heavy (non-hydrogen) atoms. The zero-order valence-corrected chi connectivity index (χ0v) is 16.4. The normalized spacial score (nSPS) is 11.0. The first kappa shape index (κ1) is 18.3. The molecule has 0 saturated heterocycles. The SMILES string of the molecule is COc1ccc(/C=N/Nc2nnc(SCc3cccc(Br)c3)n2N)cc1. The molecule has 3 aromatic rings. The molecule has 7 nitrogen and oxygen atoms in total. The van der Waals surface area contributed by atoms with E-state index in [-0.39, 0.29) is 0 Å². The predicted molar refractivity (Wildman–Crippen MR) is 108 cm³/mol. The molecule has 0 spiro atoms. The van der Waals surface area contributed by atoms with Crippen LogP contribution in [0.3, 0.4) is 0 Å². The maximum Gasteiger partial charge on any atom is 0.264 e. The summed E-state index contributed by atoms with van der Waals surface area (Å²) in [4.78, 5) is 0. The second-order valence-corrected chi connectivity index (χ2v) is 7.10. The number of anilines is 1. The van der Waals surface area contributed by atoms with Crippen LogP contribution in [0.25, 0.3) is 0 Å². The van der Waals surface area contributed by atoms with Crippen LogP contribution in [0.4, 0.5) is 5.95 Å². The number of benzene rings is 2. The minimum Gasteiger partial charge on any atom is -0.497 e. The first-order valence-corrected chi connectivity index (χ1v) is 9.44. The van der Waals surface area contributed by atoms with E-state index < -0.39 is 0 Å². The number of nitrogen functional groups attached to an aromatic ring is 1. The van der Waals surface area contributed by atoms with Crippen molar-refractivity contribution in [2.24, 2.45) is 5.10 Å². The molecule has 0 unspecified atom stereocenters. The molecule has 1 aromatic heterocycles. The number of hydrazone groups is 1. The second-order valence-electron chi connectivity index (χ2n) is 5.24. The molecule has 0 aliphatic heterocycles. The lowest BCUT2D eigenvalue weighted by atomic mass is 10.2. The number of thioether (sulfide) groups is 1. The first-order chi connectivity index (χ1) is 12.7. The van der Waals surface area contributed by atoms with E-state index in [0.29, 0.717) is 11.1 Å². The Morgan fingerprint density at radius 3 is 2.81 bits per heavy atom. The lowest BCUT2D eigenvalue weighted by Gasteiger charge is -2.03. The Labute approximate surface area is 163 Å². The van der Waals surface area contributed by atoms with Crippen molar-refractivity contribution in [2.45, 2.75) is 10.9 Å². The highest BCUT2D eigenvalue weighted by Crippen LogP contribution is 2.23. The fourth-order valence-corrected chi connectivity index (χ4v) is 3.33. The van der Waals surface area contributed by atoms with Gasteiger partial charge < -0.3 is 10.6 Å². The monoisotopic (exact) mass is 432 g/mol. The van der Waals surface area contributed by atoms with Crippen molar-refractivity contribution in [3.05, 3.63) is 64.1 Å². The molecule has 0 fully saturated rings. The number of nitrogens with zero attached hydrogens (tertiary/aromatic N) is 4. The molecule has 1 heterocycles. The highest BCUT2D eigenvalue weighted by Gasteiger charge is 2.09. The molecule has 3 rings (SSSR count). The summed E-state index contributed by atoms with van der Waals surface area (Å²) >= 11 is 4.96. The second kappa shape index (κ2) is 8.72. The molecule has 0 bridgehead atoms. The lowest BCUT2D eigenvalue weighted by Crippen LogP contribution is -2.13. The molecular weight excluding hydrogens is 416 g/mol. The van der Waals surface area contributed by atoms with Crippen molar-refractivity contribution in [2.75, 3.05) is 18.4 Å². The third-order valence-corrected chi connectivity index (χ3v) is 4.92. The molecule has 0 aliphatic carbocycles. The van der Waals surface area contributed by atoms with Crippen LogP contribution in [0.2, 0.25) is 0 Å². The van der Waals surface area contributed by atoms with Crippen molar-refractivity contribution in [3.63, 3.8) is 0 Å². The van der Waals surface area contributed by atoms with E-state index in [1.54, 1.807) is 13.3 Å². The average molecular weight is 433 g/mol. The number of ether oxygens (including phenoxy) is 1. The van der Waals surface area contributed by atoms with Crippen LogP contribution in [0, 0.1) is 0 Å². The van der Waals surface area contributed by atoms with Crippen LogP contribution in [-0.4, -0.2) is 28.2 Å². The fourth-order valence-electron chi connectivity index (χ4n) is 2.08. The van der Waals surface area contributed by atoms with Crippen LogP contribution < -0.4 is 16.0 Å². The van der Waals surface area contributed by atoms with Gasteiger partial charge in [-0.1, -0.05) is 39.8 Å². The van der Waals surface area contributed by atoms with Gasteiger partial charge in [0.15, 0.2) is 0 Å². The van der Waals surface area contributed by atoms with Crippen LogP contribution in [0.1, 0.15) is 11.1 Å². The number of hydrogen-bond donors (Lipinski definition) is 2. The molecule has 2 aromatic carbocycles. The van der Waals surface area contributed by atoms with Gasteiger partial charge in [0.05, 0.1) is 13.3 Å². The number of nitrogens with two attached hydrogens (primary N) is 1. The topological polar surface area (TPSA) is 90.3 Å². The highest BCUT2D eigenvalue weighted by atomic mass is 79.9. The summed E-state index contributed by atoms with van der Waals surface area (Å²) in [6.07, 6.45) is 1.67. The van der Waals surface area contributed by atoms with Crippen LogP contribution in [0.15, 0.2) is 63.3 Å². The molecular formula is C17H17BrN6OS. The summed E-state index contributed by atoms with van der Waals surface area (Å²) in [6.45, 7) is 0. The zero-order chi connectivity index (χ0) is 18.4. The molecule has 0 atom stereocenters. The van der Waals surface area contributed by atoms with E-state index >= 15 is 0 Å². The van der Waals surface area contributed by atoms with Crippen LogP contribution >= 0.6 is 27.7 Å². The van der Waals surface area contributed by atoms with E-state index in [0.717, 1.165) is 21.5 Å². The zero-order valence-electron chi connectivity index (χ0n) is 14.0. The Kier molecular flexibility index (Phi) is 6.13. The fraction of sp³-hybridized carbons (Fsp3) is 0.118. The number of nitrogens with one attached hydrogen (secondary N) is 1. The van der Waals surface area contributed by atoms with Crippen LogP contribution in [0.5, 0.6) is 5.75 Å². The maximum atomic E-state index is 6.02. The van der Waals surface area contributed by atoms with Gasteiger partial charge in [0.25, 0.3) is 5.95 Å². The van der Waals surface area contributed by atoms with E-state index in [1.807, 2.05) is 42.5 Å². The van der Waals surface area contributed by atoms with Gasteiger partial charge in [-0.2, -0.15) is 5.10 Å². The van der Waals surface area contributed by atoms with Crippen LogP contribution in [-0.2, 0) is 5.75 Å². The van der Waals surface area contributed by atoms with Gasteiger partial charge in [0, 0.05) is 10.2 Å². The average Bonchev–Trinajstić information content (AvgIpc) is 3.01. The Balaban J connectivity index is 1.58. The van der Waals surface area contributed by atoms with Crippen molar-refractivity contribution >= 4 is 39.9 Å². The molecule has 0 radical (unpaired) electrons. The Morgan fingerprint density at radius 1 is 1.27 bits per heavy atom.